The molecule has 0 radical (unpaired) electrons. The van der Waals surface area contributed by atoms with Gasteiger partial charge in [-0.1, -0.05) is 45.4 Å². The Morgan fingerprint density at radius 3 is 2.89 bits per heavy atom. The molecular weight excluding hydrogens is 218 g/mol. The lowest BCUT2D eigenvalue weighted by molar-refractivity contribution is 0.448. The molecule has 0 fully saturated rings. The van der Waals surface area contributed by atoms with Gasteiger partial charge >= 0.3 is 0 Å². The molecule has 1 aromatic carbocycles. The third-order valence-corrected chi connectivity index (χ3v) is 3.93. The van der Waals surface area contributed by atoms with Crippen molar-refractivity contribution in [1.29, 1.82) is 0 Å². The van der Waals surface area contributed by atoms with Crippen LogP contribution in [0, 0.1) is 5.92 Å². The predicted molar refractivity (Wildman–Crippen MR) is 79.0 cm³/mol. The minimum Gasteiger partial charge on any atom is -0.312 e. The summed E-state index contributed by atoms with van der Waals surface area (Å²) in [6.07, 6.45) is 5.12. The van der Waals surface area contributed by atoms with Gasteiger partial charge in [-0.2, -0.15) is 0 Å². The van der Waals surface area contributed by atoms with E-state index in [1.807, 2.05) is 0 Å². The molecule has 0 saturated carbocycles. The van der Waals surface area contributed by atoms with Crippen molar-refractivity contribution in [3.05, 3.63) is 34.9 Å². The summed E-state index contributed by atoms with van der Waals surface area (Å²) in [6, 6.07) is 7.19. The van der Waals surface area contributed by atoms with Crippen LogP contribution < -0.4 is 5.32 Å². The van der Waals surface area contributed by atoms with E-state index in [4.69, 9.17) is 0 Å². The van der Waals surface area contributed by atoms with Crippen LogP contribution in [0.1, 0.15) is 62.6 Å². The Kier molecular flexibility index (Phi) is 4.82. The van der Waals surface area contributed by atoms with E-state index in [9.17, 15) is 0 Å². The van der Waals surface area contributed by atoms with Crippen LogP contribution in [0.3, 0.4) is 0 Å². The van der Waals surface area contributed by atoms with Crippen LogP contribution in [0.2, 0.25) is 0 Å². The van der Waals surface area contributed by atoms with Gasteiger partial charge < -0.3 is 5.32 Å². The normalized spacial score (nSPS) is 19.0. The maximum atomic E-state index is 3.58. The van der Waals surface area contributed by atoms with E-state index >= 15 is 0 Å². The number of hydrogen-bond acceptors (Lipinski definition) is 1. The molecule has 1 atom stereocenters. The molecule has 1 unspecified atom stereocenters. The van der Waals surface area contributed by atoms with Gasteiger partial charge in [0.05, 0.1) is 0 Å². The molecule has 0 bridgehead atoms. The van der Waals surface area contributed by atoms with Crippen molar-refractivity contribution >= 4 is 0 Å². The van der Waals surface area contributed by atoms with Gasteiger partial charge in [-0.15, -0.1) is 0 Å². The SMILES string of the molecule is CCCCc1ccc2c(c1)CNCC2CC(C)C. The lowest BCUT2D eigenvalue weighted by Gasteiger charge is -2.28. The van der Waals surface area contributed by atoms with Crippen molar-refractivity contribution in [2.45, 2.75) is 58.9 Å². The average Bonchev–Trinajstić information content (AvgIpc) is 2.35. The lowest BCUT2D eigenvalue weighted by Crippen LogP contribution is -2.29. The highest BCUT2D eigenvalue weighted by Crippen LogP contribution is 2.30. The molecule has 1 aliphatic rings. The number of unbranched alkanes of at least 4 members (excludes halogenated alkanes) is 1. The Balaban J connectivity index is 2.14. The first-order valence-corrected chi connectivity index (χ1v) is 7.53. The van der Waals surface area contributed by atoms with Crippen molar-refractivity contribution in [2.24, 2.45) is 5.92 Å². The number of nitrogens with one attached hydrogen (secondary N) is 1. The highest BCUT2D eigenvalue weighted by Gasteiger charge is 2.20. The molecule has 0 aromatic heterocycles. The molecule has 18 heavy (non-hydrogen) atoms. The molecule has 0 aliphatic carbocycles. The lowest BCUT2D eigenvalue weighted by atomic mass is 9.84. The fraction of sp³-hybridized carbons (Fsp3) is 0.647. The molecule has 0 saturated heterocycles. The average molecular weight is 245 g/mol. The van der Waals surface area contributed by atoms with E-state index in [0.29, 0.717) is 5.92 Å². The first-order valence-electron chi connectivity index (χ1n) is 7.53. The Morgan fingerprint density at radius 1 is 1.33 bits per heavy atom. The molecule has 1 heterocycles. The van der Waals surface area contributed by atoms with Crippen molar-refractivity contribution in [2.75, 3.05) is 6.54 Å². The van der Waals surface area contributed by atoms with E-state index in [1.54, 1.807) is 11.1 Å². The predicted octanol–water partition coefficient (Wildman–Crippen LogP) is 4.26. The molecule has 1 nitrogen and oxygen atoms in total. The highest BCUT2D eigenvalue weighted by atomic mass is 14.9. The maximum Gasteiger partial charge on any atom is 0.0208 e. The number of fused-ring (bicyclic) bond motifs is 1. The molecule has 1 N–H and O–H groups in total. The number of aryl methyl sites for hydroxylation is 1. The monoisotopic (exact) mass is 245 g/mol. The fourth-order valence-corrected chi connectivity index (χ4v) is 3.02. The summed E-state index contributed by atoms with van der Waals surface area (Å²) in [6.45, 7) is 9.12. The quantitative estimate of drug-likeness (QED) is 0.817. The van der Waals surface area contributed by atoms with Crippen molar-refractivity contribution in [3.63, 3.8) is 0 Å². The van der Waals surface area contributed by atoms with Crippen LogP contribution in [-0.2, 0) is 13.0 Å². The number of benzene rings is 1. The van der Waals surface area contributed by atoms with Crippen molar-refractivity contribution in [3.8, 4) is 0 Å². The van der Waals surface area contributed by atoms with Crippen LogP contribution in [0.5, 0.6) is 0 Å². The van der Waals surface area contributed by atoms with Gasteiger partial charge in [0.1, 0.15) is 0 Å². The molecule has 2 rings (SSSR count). The molecule has 0 spiro atoms. The van der Waals surface area contributed by atoms with Crippen molar-refractivity contribution in [1.82, 2.24) is 5.32 Å². The van der Waals surface area contributed by atoms with Crippen LogP contribution in [0.4, 0.5) is 0 Å². The zero-order chi connectivity index (χ0) is 13.0. The second-order valence-electron chi connectivity index (χ2n) is 6.09. The third kappa shape index (κ3) is 3.35. The summed E-state index contributed by atoms with van der Waals surface area (Å²) in [5.74, 6) is 1.50. The second-order valence-corrected chi connectivity index (χ2v) is 6.09. The minimum absolute atomic E-state index is 0.717. The summed E-state index contributed by atoms with van der Waals surface area (Å²) in [4.78, 5) is 0. The summed E-state index contributed by atoms with van der Waals surface area (Å²) < 4.78 is 0. The minimum atomic E-state index is 0.717. The van der Waals surface area contributed by atoms with Gasteiger partial charge in [0, 0.05) is 13.1 Å². The second kappa shape index (κ2) is 6.38. The van der Waals surface area contributed by atoms with Crippen LogP contribution in [0.15, 0.2) is 18.2 Å². The van der Waals surface area contributed by atoms with E-state index in [1.165, 1.54) is 31.2 Å². The van der Waals surface area contributed by atoms with E-state index < -0.39 is 0 Å². The van der Waals surface area contributed by atoms with E-state index in [0.717, 1.165) is 19.0 Å². The van der Waals surface area contributed by atoms with Gasteiger partial charge in [0.25, 0.3) is 0 Å². The summed E-state index contributed by atoms with van der Waals surface area (Å²) in [5, 5.41) is 3.58. The number of rotatable bonds is 5. The van der Waals surface area contributed by atoms with Gasteiger partial charge in [0.2, 0.25) is 0 Å². The van der Waals surface area contributed by atoms with Gasteiger partial charge in [-0.25, -0.2) is 0 Å². The fourth-order valence-electron chi connectivity index (χ4n) is 3.02. The summed E-state index contributed by atoms with van der Waals surface area (Å²) >= 11 is 0. The zero-order valence-corrected chi connectivity index (χ0v) is 12.1. The van der Waals surface area contributed by atoms with Gasteiger partial charge in [0.15, 0.2) is 0 Å². The molecule has 1 aromatic rings. The van der Waals surface area contributed by atoms with Crippen molar-refractivity contribution < 1.29 is 0 Å². The molecule has 100 valence electrons. The smallest absolute Gasteiger partial charge is 0.0208 e. The van der Waals surface area contributed by atoms with Crippen LogP contribution >= 0.6 is 0 Å². The molecule has 1 heteroatoms. The van der Waals surface area contributed by atoms with Gasteiger partial charge in [-0.3, -0.25) is 0 Å². The molecule has 1 aliphatic heterocycles. The van der Waals surface area contributed by atoms with E-state index in [-0.39, 0.29) is 0 Å². The Bertz CT molecular complexity index is 381. The first-order chi connectivity index (χ1) is 8.70. The summed E-state index contributed by atoms with van der Waals surface area (Å²) in [5.41, 5.74) is 4.66. The summed E-state index contributed by atoms with van der Waals surface area (Å²) in [7, 11) is 0. The molecule has 0 amide bonds. The highest BCUT2D eigenvalue weighted by molar-refractivity contribution is 5.36. The third-order valence-electron chi connectivity index (χ3n) is 3.93. The largest absolute Gasteiger partial charge is 0.312 e. The zero-order valence-electron chi connectivity index (χ0n) is 12.1. The Morgan fingerprint density at radius 2 is 2.17 bits per heavy atom. The number of hydrogen-bond donors (Lipinski definition) is 1. The van der Waals surface area contributed by atoms with Gasteiger partial charge in [-0.05, 0) is 47.8 Å². The Hall–Kier alpha value is -0.820. The topological polar surface area (TPSA) is 12.0 Å². The first kappa shape index (κ1) is 13.6. The van der Waals surface area contributed by atoms with Crippen LogP contribution in [-0.4, -0.2) is 6.54 Å². The Labute approximate surface area is 112 Å². The molecular formula is C17H27N. The van der Waals surface area contributed by atoms with E-state index in [2.05, 4.69) is 44.3 Å². The maximum absolute atomic E-state index is 3.58. The van der Waals surface area contributed by atoms with Crippen LogP contribution in [0.25, 0.3) is 0 Å². The standard InChI is InChI=1S/C17H27N/c1-4-5-6-14-7-8-17-15(9-13(2)3)11-18-12-16(17)10-14/h7-8,10,13,15,18H,4-6,9,11-12H2,1-3H3.